The molecule has 1 N–H and O–H groups in total. The van der Waals surface area contributed by atoms with Gasteiger partial charge in [0.2, 0.25) is 5.78 Å². The molecule has 30 heavy (non-hydrogen) atoms. The van der Waals surface area contributed by atoms with Crippen LogP contribution in [0.4, 0.5) is 10.1 Å². The van der Waals surface area contributed by atoms with Crippen molar-refractivity contribution in [3.63, 3.8) is 0 Å². The molecule has 0 amide bonds. The van der Waals surface area contributed by atoms with Gasteiger partial charge in [-0.1, -0.05) is 36.4 Å². The van der Waals surface area contributed by atoms with Crippen molar-refractivity contribution < 1.29 is 17.6 Å². The maximum Gasteiger partial charge on any atom is 0.282 e. The molecule has 0 atom stereocenters. The number of halogens is 1. The Hall–Kier alpha value is -3.58. The molecule has 0 heterocycles. The van der Waals surface area contributed by atoms with Crippen LogP contribution in [0.3, 0.4) is 0 Å². The summed E-state index contributed by atoms with van der Waals surface area (Å²) < 4.78 is 42.7. The summed E-state index contributed by atoms with van der Waals surface area (Å²) in [5.74, 6) is -0.801. The SMILES string of the molecule is Cc1cccc(NC2=C/C(=N/S(=O)(=O)c3ccc(F)cc3)c3ccccc3C2=O)c1. The Labute approximate surface area is 173 Å². The van der Waals surface area contributed by atoms with E-state index in [9.17, 15) is 17.6 Å². The van der Waals surface area contributed by atoms with Gasteiger partial charge < -0.3 is 5.32 Å². The highest BCUT2D eigenvalue weighted by Crippen LogP contribution is 2.25. The lowest BCUT2D eigenvalue weighted by molar-refractivity contribution is 0.103. The molecule has 1 aliphatic rings. The van der Waals surface area contributed by atoms with Crippen LogP contribution in [-0.2, 0) is 10.0 Å². The summed E-state index contributed by atoms with van der Waals surface area (Å²) >= 11 is 0. The third-order valence-corrected chi connectivity index (χ3v) is 5.91. The van der Waals surface area contributed by atoms with Gasteiger partial charge in [-0.25, -0.2) is 4.39 Å². The Morgan fingerprint density at radius 1 is 0.900 bits per heavy atom. The average molecular weight is 420 g/mol. The number of nitrogens with zero attached hydrogens (tertiary/aromatic N) is 1. The van der Waals surface area contributed by atoms with Gasteiger partial charge >= 0.3 is 0 Å². The first-order chi connectivity index (χ1) is 14.3. The maximum absolute atomic E-state index is 13.2. The van der Waals surface area contributed by atoms with E-state index in [1.165, 1.54) is 6.08 Å². The Balaban J connectivity index is 1.81. The van der Waals surface area contributed by atoms with Crippen molar-refractivity contribution >= 4 is 27.2 Å². The lowest BCUT2D eigenvalue weighted by atomic mass is 9.92. The van der Waals surface area contributed by atoms with Crippen molar-refractivity contribution in [2.24, 2.45) is 4.40 Å². The molecule has 3 aromatic carbocycles. The first kappa shape index (κ1) is 19.7. The van der Waals surface area contributed by atoms with Crippen LogP contribution in [0.15, 0.2) is 93.9 Å². The number of benzene rings is 3. The molecule has 0 radical (unpaired) electrons. The molecule has 7 heteroatoms. The van der Waals surface area contributed by atoms with Gasteiger partial charge in [0.1, 0.15) is 5.82 Å². The quantitative estimate of drug-likeness (QED) is 0.674. The van der Waals surface area contributed by atoms with Crippen LogP contribution in [0.25, 0.3) is 0 Å². The van der Waals surface area contributed by atoms with E-state index < -0.39 is 15.8 Å². The van der Waals surface area contributed by atoms with Gasteiger partial charge in [-0.05, 0) is 55.0 Å². The fourth-order valence-corrected chi connectivity index (χ4v) is 4.16. The van der Waals surface area contributed by atoms with E-state index in [0.29, 0.717) is 16.8 Å². The van der Waals surface area contributed by atoms with Crippen LogP contribution in [-0.4, -0.2) is 19.9 Å². The Kier molecular flexibility index (Phi) is 5.05. The number of allylic oxidation sites excluding steroid dienone is 2. The summed E-state index contributed by atoms with van der Waals surface area (Å²) in [5.41, 5.74) is 2.83. The largest absolute Gasteiger partial charge is 0.352 e. The molecule has 0 saturated carbocycles. The number of ketones is 1. The smallest absolute Gasteiger partial charge is 0.282 e. The zero-order valence-corrected chi connectivity index (χ0v) is 16.8. The van der Waals surface area contributed by atoms with Crippen molar-refractivity contribution in [1.82, 2.24) is 0 Å². The molecule has 0 saturated heterocycles. The summed E-state index contributed by atoms with van der Waals surface area (Å²) in [6.45, 7) is 1.93. The number of carbonyl (C=O) groups is 1. The zero-order chi connectivity index (χ0) is 21.3. The highest BCUT2D eigenvalue weighted by atomic mass is 32.2. The molecule has 150 valence electrons. The van der Waals surface area contributed by atoms with E-state index in [1.54, 1.807) is 24.3 Å². The summed E-state index contributed by atoms with van der Waals surface area (Å²) in [6.07, 6.45) is 1.42. The molecule has 0 fully saturated rings. The van der Waals surface area contributed by atoms with E-state index in [4.69, 9.17) is 0 Å². The van der Waals surface area contributed by atoms with Gasteiger partial charge in [0.25, 0.3) is 10.0 Å². The van der Waals surface area contributed by atoms with Gasteiger partial charge in [-0.2, -0.15) is 12.8 Å². The fraction of sp³-hybridized carbons (Fsp3) is 0.0435. The topological polar surface area (TPSA) is 75.6 Å². The number of anilines is 1. The normalized spacial score (nSPS) is 14.9. The minimum atomic E-state index is -4.10. The van der Waals surface area contributed by atoms with Crippen molar-refractivity contribution in [1.29, 1.82) is 0 Å². The van der Waals surface area contributed by atoms with E-state index in [2.05, 4.69) is 9.71 Å². The molecule has 3 aromatic rings. The molecule has 0 aliphatic heterocycles. The van der Waals surface area contributed by atoms with Crippen LogP contribution >= 0.6 is 0 Å². The highest BCUT2D eigenvalue weighted by Gasteiger charge is 2.26. The average Bonchev–Trinajstić information content (AvgIpc) is 2.72. The van der Waals surface area contributed by atoms with Crippen LogP contribution in [0.5, 0.6) is 0 Å². The number of Topliss-reactive ketones (excluding diaryl/α,β-unsaturated/α-hetero) is 1. The van der Waals surface area contributed by atoms with Crippen LogP contribution in [0, 0.1) is 12.7 Å². The molecule has 4 rings (SSSR count). The Morgan fingerprint density at radius 2 is 1.60 bits per heavy atom. The van der Waals surface area contributed by atoms with Crippen LogP contribution < -0.4 is 5.32 Å². The van der Waals surface area contributed by atoms with Crippen LogP contribution in [0.1, 0.15) is 21.5 Å². The number of hydrogen-bond acceptors (Lipinski definition) is 4. The standard InChI is InChI=1S/C23H17FN2O3S/c1-15-5-4-6-17(13-15)25-22-14-21(19-7-2-3-8-20(19)23(22)27)26-30(28,29)18-11-9-16(24)10-12-18/h2-14,25H,1H3/b26-21-. The second-order valence-electron chi connectivity index (χ2n) is 6.83. The second-order valence-corrected chi connectivity index (χ2v) is 8.44. The molecule has 0 bridgehead atoms. The molecular formula is C23H17FN2O3S. The van der Waals surface area contributed by atoms with Crippen molar-refractivity contribution in [3.05, 3.63) is 107 Å². The zero-order valence-electron chi connectivity index (χ0n) is 16.0. The third-order valence-electron chi connectivity index (χ3n) is 4.60. The van der Waals surface area contributed by atoms with Crippen molar-refractivity contribution in [2.75, 3.05) is 5.32 Å². The maximum atomic E-state index is 13.2. The molecule has 0 unspecified atom stereocenters. The summed E-state index contributed by atoms with van der Waals surface area (Å²) in [5, 5.41) is 3.06. The number of carbonyl (C=O) groups excluding carboxylic acids is 1. The molecule has 0 aromatic heterocycles. The van der Waals surface area contributed by atoms with Crippen molar-refractivity contribution in [2.45, 2.75) is 11.8 Å². The predicted octanol–water partition coefficient (Wildman–Crippen LogP) is 4.50. The van der Waals surface area contributed by atoms with Gasteiger partial charge in [0.15, 0.2) is 0 Å². The van der Waals surface area contributed by atoms with E-state index in [0.717, 1.165) is 29.8 Å². The summed E-state index contributed by atoms with van der Waals surface area (Å²) in [7, 11) is -4.10. The number of fused-ring (bicyclic) bond motifs is 1. The summed E-state index contributed by atoms with van der Waals surface area (Å²) in [4.78, 5) is 12.8. The molecule has 1 aliphatic carbocycles. The monoisotopic (exact) mass is 420 g/mol. The van der Waals surface area contributed by atoms with Crippen LogP contribution in [0.2, 0.25) is 0 Å². The Bertz CT molecular complexity index is 1310. The minimum Gasteiger partial charge on any atom is -0.352 e. The van der Waals surface area contributed by atoms with Crippen molar-refractivity contribution in [3.8, 4) is 0 Å². The number of rotatable bonds is 4. The fourth-order valence-electron chi connectivity index (χ4n) is 3.17. The number of nitrogens with one attached hydrogen (secondary N) is 1. The van der Waals surface area contributed by atoms with E-state index in [1.807, 2.05) is 31.2 Å². The predicted molar refractivity (Wildman–Crippen MR) is 114 cm³/mol. The lowest BCUT2D eigenvalue weighted by Crippen LogP contribution is -2.22. The molecule has 5 nitrogen and oxygen atoms in total. The number of sulfonamides is 1. The third kappa shape index (κ3) is 3.92. The number of aryl methyl sites for hydroxylation is 1. The highest BCUT2D eigenvalue weighted by molar-refractivity contribution is 7.90. The summed E-state index contributed by atoms with van der Waals surface area (Å²) in [6, 6.07) is 18.6. The van der Waals surface area contributed by atoms with Gasteiger partial charge in [0, 0.05) is 16.8 Å². The second kappa shape index (κ2) is 7.68. The van der Waals surface area contributed by atoms with Gasteiger partial charge in [0.05, 0.1) is 16.3 Å². The molecule has 0 spiro atoms. The molecular weight excluding hydrogens is 403 g/mol. The number of hydrogen-bond donors (Lipinski definition) is 1. The van der Waals surface area contributed by atoms with Gasteiger partial charge in [-0.3, -0.25) is 4.79 Å². The van der Waals surface area contributed by atoms with E-state index in [-0.39, 0.29) is 22.1 Å². The Morgan fingerprint density at radius 3 is 2.30 bits per heavy atom. The lowest BCUT2D eigenvalue weighted by Gasteiger charge is -2.19. The minimum absolute atomic E-state index is 0.129. The van der Waals surface area contributed by atoms with E-state index >= 15 is 0 Å². The van der Waals surface area contributed by atoms with Gasteiger partial charge in [-0.15, -0.1) is 0 Å². The first-order valence-electron chi connectivity index (χ1n) is 9.13. The first-order valence-corrected chi connectivity index (χ1v) is 10.6.